The second-order valence-electron chi connectivity index (χ2n) is 4.39. The molecule has 1 N–H and O–H groups in total. The van der Waals surface area contributed by atoms with E-state index in [-0.39, 0.29) is 11.5 Å². The van der Waals surface area contributed by atoms with Gasteiger partial charge in [0.1, 0.15) is 6.33 Å². The SMILES string of the molecule is CCCCN(C)c1ncnc(Nc2nccs2)c1[N+](=O)[O-]. The quantitative estimate of drug-likeness (QED) is 0.620. The van der Waals surface area contributed by atoms with Crippen molar-refractivity contribution in [1.82, 2.24) is 15.0 Å². The van der Waals surface area contributed by atoms with Crippen molar-refractivity contribution in [3.05, 3.63) is 28.0 Å². The van der Waals surface area contributed by atoms with E-state index in [0.29, 0.717) is 17.5 Å². The van der Waals surface area contributed by atoms with Gasteiger partial charge in [-0.25, -0.2) is 15.0 Å². The Morgan fingerprint density at radius 2 is 2.24 bits per heavy atom. The molecule has 0 fully saturated rings. The summed E-state index contributed by atoms with van der Waals surface area (Å²) in [4.78, 5) is 24.8. The van der Waals surface area contributed by atoms with Crippen molar-refractivity contribution in [3.63, 3.8) is 0 Å². The minimum atomic E-state index is -0.465. The van der Waals surface area contributed by atoms with E-state index >= 15 is 0 Å². The van der Waals surface area contributed by atoms with Crippen LogP contribution >= 0.6 is 11.3 Å². The third-order valence-electron chi connectivity index (χ3n) is 2.85. The Hall–Kier alpha value is -2.29. The fraction of sp³-hybridized carbons (Fsp3) is 0.417. The van der Waals surface area contributed by atoms with Gasteiger partial charge in [-0.2, -0.15) is 0 Å². The summed E-state index contributed by atoms with van der Waals surface area (Å²) in [5.74, 6) is 0.464. The van der Waals surface area contributed by atoms with Crippen LogP contribution in [0.3, 0.4) is 0 Å². The second-order valence-corrected chi connectivity index (χ2v) is 5.28. The summed E-state index contributed by atoms with van der Waals surface area (Å²) in [6.07, 6.45) is 4.88. The molecule has 2 rings (SSSR count). The summed E-state index contributed by atoms with van der Waals surface area (Å²) >= 11 is 1.35. The molecule has 0 unspecified atom stereocenters. The highest BCUT2D eigenvalue weighted by molar-refractivity contribution is 7.13. The minimum absolute atomic E-state index is 0.133. The van der Waals surface area contributed by atoms with E-state index in [0.717, 1.165) is 12.8 Å². The molecule has 0 bridgehead atoms. The van der Waals surface area contributed by atoms with Crippen LogP contribution in [0, 0.1) is 10.1 Å². The van der Waals surface area contributed by atoms with E-state index in [9.17, 15) is 10.1 Å². The predicted octanol–water partition coefficient (Wildman–Crippen LogP) is 2.82. The maximum Gasteiger partial charge on any atom is 0.353 e. The molecule has 0 saturated heterocycles. The zero-order chi connectivity index (χ0) is 15.2. The number of nitrogens with zero attached hydrogens (tertiary/aromatic N) is 5. The molecule has 2 aromatic heterocycles. The largest absolute Gasteiger partial charge is 0.354 e. The summed E-state index contributed by atoms with van der Waals surface area (Å²) in [6, 6.07) is 0. The Bertz CT molecular complexity index is 604. The lowest BCUT2D eigenvalue weighted by Crippen LogP contribution is -2.21. The molecule has 8 nitrogen and oxygen atoms in total. The van der Waals surface area contributed by atoms with Gasteiger partial charge in [0.2, 0.25) is 11.6 Å². The number of hydrogen-bond acceptors (Lipinski definition) is 8. The van der Waals surface area contributed by atoms with Crippen LogP contribution < -0.4 is 10.2 Å². The van der Waals surface area contributed by atoms with Crippen LogP contribution in [0.1, 0.15) is 19.8 Å². The molecule has 0 aliphatic rings. The third kappa shape index (κ3) is 3.63. The molecule has 2 aromatic rings. The van der Waals surface area contributed by atoms with Crippen molar-refractivity contribution in [2.45, 2.75) is 19.8 Å². The van der Waals surface area contributed by atoms with Crippen LogP contribution in [0.25, 0.3) is 0 Å². The monoisotopic (exact) mass is 308 g/mol. The summed E-state index contributed by atoms with van der Waals surface area (Å²) in [7, 11) is 1.79. The minimum Gasteiger partial charge on any atom is -0.354 e. The Morgan fingerprint density at radius 3 is 2.86 bits per heavy atom. The second kappa shape index (κ2) is 6.93. The fourth-order valence-electron chi connectivity index (χ4n) is 1.80. The summed E-state index contributed by atoms with van der Waals surface area (Å²) in [6.45, 7) is 2.77. The smallest absolute Gasteiger partial charge is 0.353 e. The average Bonchev–Trinajstić information content (AvgIpc) is 2.97. The highest BCUT2D eigenvalue weighted by Crippen LogP contribution is 2.33. The molecular weight excluding hydrogens is 292 g/mol. The maximum absolute atomic E-state index is 11.4. The lowest BCUT2D eigenvalue weighted by atomic mass is 10.3. The number of hydrogen-bond donors (Lipinski definition) is 1. The average molecular weight is 308 g/mol. The molecule has 21 heavy (non-hydrogen) atoms. The summed E-state index contributed by atoms with van der Waals surface area (Å²) in [5, 5.41) is 16.6. The highest BCUT2D eigenvalue weighted by atomic mass is 32.1. The van der Waals surface area contributed by atoms with Crippen molar-refractivity contribution in [1.29, 1.82) is 0 Å². The van der Waals surface area contributed by atoms with E-state index in [1.807, 2.05) is 0 Å². The molecule has 0 saturated carbocycles. The van der Waals surface area contributed by atoms with Crippen LogP contribution in [-0.2, 0) is 0 Å². The molecular formula is C12H16N6O2S. The van der Waals surface area contributed by atoms with Crippen LogP contribution in [0.4, 0.5) is 22.5 Å². The predicted molar refractivity (Wildman–Crippen MR) is 82.3 cm³/mol. The Balaban J connectivity index is 2.34. The Labute approximate surface area is 126 Å². The Kier molecular flexibility index (Phi) is 4.99. The van der Waals surface area contributed by atoms with Crippen molar-refractivity contribution in [2.75, 3.05) is 23.8 Å². The van der Waals surface area contributed by atoms with Gasteiger partial charge in [-0.05, 0) is 6.42 Å². The topological polar surface area (TPSA) is 97.1 Å². The van der Waals surface area contributed by atoms with Gasteiger partial charge in [0.05, 0.1) is 4.92 Å². The molecule has 0 amide bonds. The number of anilines is 3. The zero-order valence-corrected chi connectivity index (χ0v) is 12.6. The molecule has 0 aliphatic carbocycles. The van der Waals surface area contributed by atoms with Crippen molar-refractivity contribution >= 4 is 33.8 Å². The number of thiazole rings is 1. The lowest BCUT2D eigenvalue weighted by molar-refractivity contribution is -0.383. The molecule has 9 heteroatoms. The summed E-state index contributed by atoms with van der Waals surface area (Å²) < 4.78 is 0. The van der Waals surface area contributed by atoms with Gasteiger partial charge in [-0.3, -0.25) is 10.1 Å². The van der Waals surface area contributed by atoms with Crippen LogP contribution in [0.5, 0.6) is 0 Å². The van der Waals surface area contributed by atoms with Crippen LogP contribution in [0.2, 0.25) is 0 Å². The lowest BCUT2D eigenvalue weighted by Gasteiger charge is -2.18. The molecule has 0 aliphatic heterocycles. The van der Waals surface area contributed by atoms with E-state index < -0.39 is 4.92 Å². The zero-order valence-electron chi connectivity index (χ0n) is 11.8. The number of aromatic nitrogens is 3. The fourth-order valence-corrected chi connectivity index (χ4v) is 2.32. The van der Waals surface area contributed by atoms with Gasteiger partial charge >= 0.3 is 5.69 Å². The van der Waals surface area contributed by atoms with Crippen LogP contribution in [-0.4, -0.2) is 33.5 Å². The molecule has 112 valence electrons. The number of rotatable bonds is 7. The number of nitrogens with one attached hydrogen (secondary N) is 1. The number of nitro groups is 1. The van der Waals surface area contributed by atoms with Gasteiger partial charge in [0.15, 0.2) is 5.13 Å². The highest BCUT2D eigenvalue weighted by Gasteiger charge is 2.25. The van der Waals surface area contributed by atoms with Gasteiger partial charge in [0, 0.05) is 25.2 Å². The molecule has 0 spiro atoms. The van der Waals surface area contributed by atoms with Crippen molar-refractivity contribution in [2.24, 2.45) is 0 Å². The van der Waals surface area contributed by atoms with Crippen LogP contribution in [0.15, 0.2) is 17.9 Å². The standard InChI is InChI=1S/C12H16N6O2S/c1-3-4-6-17(2)11-9(18(19)20)10(14-8-15-11)16-12-13-5-7-21-12/h5,7-8H,3-4,6H2,1-2H3,(H,13,14,15,16). The first-order valence-electron chi connectivity index (χ1n) is 6.50. The molecule has 0 atom stereocenters. The van der Waals surface area contributed by atoms with E-state index in [1.165, 1.54) is 17.7 Å². The van der Waals surface area contributed by atoms with E-state index in [4.69, 9.17) is 0 Å². The van der Waals surface area contributed by atoms with E-state index in [2.05, 4.69) is 27.2 Å². The van der Waals surface area contributed by atoms with Gasteiger partial charge in [-0.15, -0.1) is 11.3 Å². The van der Waals surface area contributed by atoms with Gasteiger partial charge in [0.25, 0.3) is 0 Å². The first kappa shape index (κ1) is 15.1. The van der Waals surface area contributed by atoms with Crippen molar-refractivity contribution in [3.8, 4) is 0 Å². The first-order chi connectivity index (χ1) is 10.1. The summed E-state index contributed by atoms with van der Waals surface area (Å²) in [5.41, 5.74) is -0.133. The molecule has 0 radical (unpaired) electrons. The maximum atomic E-state index is 11.4. The van der Waals surface area contributed by atoms with E-state index in [1.54, 1.807) is 23.5 Å². The molecule has 0 aromatic carbocycles. The van der Waals surface area contributed by atoms with Crippen molar-refractivity contribution < 1.29 is 4.92 Å². The van der Waals surface area contributed by atoms with Gasteiger partial charge in [-0.1, -0.05) is 13.3 Å². The Morgan fingerprint density at radius 1 is 1.43 bits per heavy atom. The van der Waals surface area contributed by atoms with Gasteiger partial charge < -0.3 is 10.2 Å². The third-order valence-corrected chi connectivity index (χ3v) is 3.54. The number of unbranched alkanes of at least 4 members (excludes halogenated alkanes) is 1. The molecule has 2 heterocycles. The normalized spacial score (nSPS) is 10.4. The first-order valence-corrected chi connectivity index (χ1v) is 7.38.